The maximum absolute atomic E-state index is 13.0. The van der Waals surface area contributed by atoms with Gasteiger partial charge in [0.2, 0.25) is 0 Å². The molecule has 0 N–H and O–H groups in total. The zero-order chi connectivity index (χ0) is 13.7. The standard InChI is InChI=1S/C13H15F3N2O/c14-13(15,16)12(18-6-8-19-9-7-18)17-10-11-4-2-1-3-5-11/h1-5,10,12H,6-9H2. The summed E-state index contributed by atoms with van der Waals surface area (Å²) in [7, 11) is 0. The van der Waals surface area contributed by atoms with Crippen LogP contribution >= 0.6 is 0 Å². The predicted molar refractivity (Wildman–Crippen MR) is 66.3 cm³/mol. The van der Waals surface area contributed by atoms with Gasteiger partial charge in [-0.05, 0) is 5.56 Å². The van der Waals surface area contributed by atoms with Gasteiger partial charge in [-0.25, -0.2) is 0 Å². The van der Waals surface area contributed by atoms with E-state index in [1.807, 2.05) is 0 Å². The first kappa shape index (κ1) is 14.0. The van der Waals surface area contributed by atoms with Gasteiger partial charge >= 0.3 is 6.18 Å². The molecule has 1 saturated heterocycles. The first-order chi connectivity index (χ1) is 9.07. The Hall–Kier alpha value is -1.40. The number of morpholine rings is 1. The number of benzene rings is 1. The molecule has 1 unspecified atom stereocenters. The molecule has 0 spiro atoms. The molecule has 0 saturated carbocycles. The van der Waals surface area contributed by atoms with E-state index in [1.54, 1.807) is 30.3 Å². The topological polar surface area (TPSA) is 24.8 Å². The minimum atomic E-state index is -4.37. The lowest BCUT2D eigenvalue weighted by Gasteiger charge is -2.32. The summed E-state index contributed by atoms with van der Waals surface area (Å²) in [6, 6.07) is 8.77. The summed E-state index contributed by atoms with van der Waals surface area (Å²) in [4.78, 5) is 5.00. The van der Waals surface area contributed by atoms with E-state index < -0.39 is 12.3 Å². The number of rotatable bonds is 3. The van der Waals surface area contributed by atoms with Crippen molar-refractivity contribution in [3.8, 4) is 0 Å². The molecular formula is C13H15F3N2O. The van der Waals surface area contributed by atoms with E-state index >= 15 is 0 Å². The first-order valence-electron chi connectivity index (χ1n) is 6.04. The summed E-state index contributed by atoms with van der Waals surface area (Å²) < 4.78 is 44.1. The minimum absolute atomic E-state index is 0.246. The molecule has 2 rings (SSSR count). The molecule has 0 bridgehead atoms. The third-order valence-corrected chi connectivity index (χ3v) is 2.85. The summed E-state index contributed by atoms with van der Waals surface area (Å²) in [5.74, 6) is 0. The van der Waals surface area contributed by atoms with Crippen molar-refractivity contribution >= 4 is 6.21 Å². The number of nitrogens with zero attached hydrogens (tertiary/aromatic N) is 2. The maximum atomic E-state index is 13.0. The van der Waals surface area contributed by atoms with Gasteiger partial charge in [-0.3, -0.25) is 9.89 Å². The number of hydrogen-bond acceptors (Lipinski definition) is 3. The summed E-state index contributed by atoms with van der Waals surface area (Å²) >= 11 is 0. The van der Waals surface area contributed by atoms with Crippen molar-refractivity contribution in [2.24, 2.45) is 4.99 Å². The van der Waals surface area contributed by atoms with Gasteiger partial charge in [-0.15, -0.1) is 0 Å². The number of aliphatic imine (C=N–C) groups is 1. The number of ether oxygens (including phenoxy) is 1. The SMILES string of the molecule is FC(F)(F)C(N=Cc1ccccc1)N1CCOCC1. The molecule has 1 aromatic rings. The molecule has 19 heavy (non-hydrogen) atoms. The molecule has 0 amide bonds. The van der Waals surface area contributed by atoms with Crippen LogP contribution in [0.15, 0.2) is 35.3 Å². The van der Waals surface area contributed by atoms with Crippen LogP contribution in [-0.4, -0.2) is 49.8 Å². The van der Waals surface area contributed by atoms with Crippen LogP contribution in [0.1, 0.15) is 5.56 Å². The fourth-order valence-corrected chi connectivity index (χ4v) is 1.90. The molecule has 104 valence electrons. The van der Waals surface area contributed by atoms with E-state index in [0.29, 0.717) is 18.8 Å². The molecule has 6 heteroatoms. The van der Waals surface area contributed by atoms with Crippen molar-refractivity contribution in [1.82, 2.24) is 4.90 Å². The number of alkyl halides is 3. The third-order valence-electron chi connectivity index (χ3n) is 2.85. The Morgan fingerprint density at radius 2 is 1.79 bits per heavy atom. The molecule has 0 aliphatic carbocycles. The summed E-state index contributed by atoms with van der Waals surface area (Å²) in [5, 5.41) is 0. The molecule has 1 heterocycles. The van der Waals surface area contributed by atoms with Crippen molar-refractivity contribution in [1.29, 1.82) is 0 Å². The highest BCUT2D eigenvalue weighted by Crippen LogP contribution is 2.26. The van der Waals surface area contributed by atoms with Crippen molar-refractivity contribution in [2.45, 2.75) is 12.3 Å². The highest BCUT2D eigenvalue weighted by atomic mass is 19.4. The summed E-state index contributed by atoms with van der Waals surface area (Å²) in [6.45, 7) is 1.12. The lowest BCUT2D eigenvalue weighted by atomic mass is 10.2. The number of hydrogen-bond donors (Lipinski definition) is 0. The monoisotopic (exact) mass is 272 g/mol. The van der Waals surface area contributed by atoms with Gasteiger partial charge in [0.1, 0.15) is 0 Å². The summed E-state index contributed by atoms with van der Waals surface area (Å²) in [5.41, 5.74) is 0.657. The fraction of sp³-hybridized carbons (Fsp3) is 0.462. The van der Waals surface area contributed by atoms with Crippen LogP contribution < -0.4 is 0 Å². The Morgan fingerprint density at radius 3 is 2.37 bits per heavy atom. The van der Waals surface area contributed by atoms with Gasteiger partial charge in [-0.1, -0.05) is 30.3 Å². The van der Waals surface area contributed by atoms with Crippen LogP contribution in [-0.2, 0) is 4.74 Å². The van der Waals surface area contributed by atoms with Crippen molar-refractivity contribution in [3.05, 3.63) is 35.9 Å². The van der Waals surface area contributed by atoms with Crippen LogP contribution in [0.3, 0.4) is 0 Å². The van der Waals surface area contributed by atoms with Gasteiger partial charge in [-0.2, -0.15) is 13.2 Å². The third kappa shape index (κ3) is 4.04. The van der Waals surface area contributed by atoms with E-state index in [-0.39, 0.29) is 13.1 Å². The zero-order valence-corrected chi connectivity index (χ0v) is 10.3. The molecule has 1 atom stereocenters. The molecule has 1 fully saturated rings. The maximum Gasteiger partial charge on any atom is 0.424 e. The highest BCUT2D eigenvalue weighted by Gasteiger charge is 2.43. The molecule has 1 aromatic carbocycles. The first-order valence-corrected chi connectivity index (χ1v) is 6.04. The fourth-order valence-electron chi connectivity index (χ4n) is 1.90. The second-order valence-corrected chi connectivity index (χ2v) is 4.25. The summed E-state index contributed by atoms with van der Waals surface area (Å²) in [6.07, 6.45) is -4.90. The lowest BCUT2D eigenvalue weighted by Crippen LogP contribution is -2.49. The highest BCUT2D eigenvalue weighted by molar-refractivity contribution is 5.79. The average molecular weight is 272 g/mol. The Balaban J connectivity index is 2.12. The smallest absolute Gasteiger partial charge is 0.379 e. The molecule has 0 radical (unpaired) electrons. The molecule has 1 aliphatic heterocycles. The molecule has 1 aliphatic rings. The van der Waals surface area contributed by atoms with Crippen molar-refractivity contribution in [2.75, 3.05) is 26.3 Å². The van der Waals surface area contributed by atoms with Crippen LogP contribution in [0.2, 0.25) is 0 Å². The Kier molecular flexibility index (Phi) is 4.55. The van der Waals surface area contributed by atoms with E-state index in [1.165, 1.54) is 11.1 Å². The van der Waals surface area contributed by atoms with Gasteiger partial charge < -0.3 is 4.74 Å². The average Bonchev–Trinajstić information content (AvgIpc) is 2.40. The van der Waals surface area contributed by atoms with Gasteiger partial charge in [0.15, 0.2) is 6.17 Å². The van der Waals surface area contributed by atoms with Crippen LogP contribution in [0.4, 0.5) is 13.2 Å². The zero-order valence-electron chi connectivity index (χ0n) is 10.3. The van der Waals surface area contributed by atoms with Crippen molar-refractivity contribution < 1.29 is 17.9 Å². The van der Waals surface area contributed by atoms with E-state index in [0.717, 1.165) is 0 Å². The Labute approximate surface area is 109 Å². The lowest BCUT2D eigenvalue weighted by molar-refractivity contribution is -0.189. The predicted octanol–water partition coefficient (Wildman–Crippen LogP) is 2.33. The largest absolute Gasteiger partial charge is 0.424 e. The van der Waals surface area contributed by atoms with E-state index in [4.69, 9.17) is 4.74 Å². The number of halogens is 3. The quantitative estimate of drug-likeness (QED) is 0.789. The van der Waals surface area contributed by atoms with E-state index in [2.05, 4.69) is 4.99 Å². The van der Waals surface area contributed by atoms with Crippen LogP contribution in [0, 0.1) is 0 Å². The van der Waals surface area contributed by atoms with Crippen LogP contribution in [0.5, 0.6) is 0 Å². The molecular weight excluding hydrogens is 257 g/mol. The normalized spacial score (nSPS) is 19.7. The Bertz CT molecular complexity index is 414. The molecule has 0 aromatic heterocycles. The Morgan fingerprint density at radius 1 is 1.16 bits per heavy atom. The molecule has 3 nitrogen and oxygen atoms in total. The second kappa shape index (κ2) is 6.16. The van der Waals surface area contributed by atoms with Gasteiger partial charge in [0.05, 0.1) is 13.2 Å². The van der Waals surface area contributed by atoms with Gasteiger partial charge in [0.25, 0.3) is 0 Å². The van der Waals surface area contributed by atoms with Gasteiger partial charge in [0, 0.05) is 19.3 Å². The van der Waals surface area contributed by atoms with E-state index in [9.17, 15) is 13.2 Å². The van der Waals surface area contributed by atoms with Crippen molar-refractivity contribution in [3.63, 3.8) is 0 Å². The van der Waals surface area contributed by atoms with Crippen LogP contribution in [0.25, 0.3) is 0 Å². The minimum Gasteiger partial charge on any atom is -0.379 e. The second-order valence-electron chi connectivity index (χ2n) is 4.25.